The standard InChI is InChI=1S/C14H22N2O3/c1-5-6-14(3,13(17)18)15-9-11-8-12(19-4)7-10(2)16-11/h7-8,15H,5-6,9H2,1-4H3,(H,17,18). The molecule has 0 aliphatic rings. The Hall–Kier alpha value is -1.62. The Bertz CT molecular complexity index is 448. The maximum atomic E-state index is 11.3. The van der Waals surface area contributed by atoms with Gasteiger partial charge in [0.2, 0.25) is 0 Å². The largest absolute Gasteiger partial charge is 0.497 e. The zero-order chi connectivity index (χ0) is 14.5. The second kappa shape index (κ2) is 6.52. The van der Waals surface area contributed by atoms with E-state index in [0.717, 1.165) is 23.6 Å². The molecule has 0 aromatic carbocycles. The van der Waals surface area contributed by atoms with Gasteiger partial charge in [-0.1, -0.05) is 13.3 Å². The minimum absolute atomic E-state index is 0.404. The highest BCUT2D eigenvalue weighted by Gasteiger charge is 2.31. The number of methoxy groups -OCH3 is 1. The first kappa shape index (κ1) is 15.4. The summed E-state index contributed by atoms with van der Waals surface area (Å²) in [6.07, 6.45) is 1.38. The smallest absolute Gasteiger partial charge is 0.323 e. The van der Waals surface area contributed by atoms with E-state index in [1.54, 1.807) is 14.0 Å². The van der Waals surface area contributed by atoms with Gasteiger partial charge in [0.05, 0.1) is 12.8 Å². The van der Waals surface area contributed by atoms with Gasteiger partial charge in [-0.25, -0.2) is 0 Å². The summed E-state index contributed by atoms with van der Waals surface area (Å²) in [5.74, 6) is -0.106. The van der Waals surface area contributed by atoms with Gasteiger partial charge in [-0.05, 0) is 20.3 Å². The molecule has 5 heteroatoms. The van der Waals surface area contributed by atoms with Crippen molar-refractivity contribution in [1.82, 2.24) is 10.3 Å². The van der Waals surface area contributed by atoms with Crippen LogP contribution in [0.4, 0.5) is 0 Å². The lowest BCUT2D eigenvalue weighted by Gasteiger charge is -2.25. The van der Waals surface area contributed by atoms with Crippen LogP contribution in [0.3, 0.4) is 0 Å². The van der Waals surface area contributed by atoms with E-state index in [0.29, 0.717) is 13.0 Å². The van der Waals surface area contributed by atoms with Crippen molar-refractivity contribution in [3.8, 4) is 5.75 Å². The van der Waals surface area contributed by atoms with Crippen molar-refractivity contribution in [2.75, 3.05) is 7.11 Å². The van der Waals surface area contributed by atoms with Gasteiger partial charge < -0.3 is 9.84 Å². The van der Waals surface area contributed by atoms with Crippen LogP contribution in [0.15, 0.2) is 12.1 Å². The predicted octanol–water partition coefficient (Wildman–Crippen LogP) is 2.13. The molecular weight excluding hydrogens is 244 g/mol. The molecule has 0 fully saturated rings. The Morgan fingerprint density at radius 1 is 1.53 bits per heavy atom. The molecule has 5 nitrogen and oxygen atoms in total. The van der Waals surface area contributed by atoms with E-state index in [1.807, 2.05) is 26.0 Å². The summed E-state index contributed by atoms with van der Waals surface area (Å²) in [5, 5.41) is 12.4. The number of carboxylic acid groups (broad SMARTS) is 1. The third-order valence-corrected chi connectivity index (χ3v) is 3.10. The first-order valence-corrected chi connectivity index (χ1v) is 6.41. The number of carbonyl (C=O) groups is 1. The molecule has 1 rings (SSSR count). The fourth-order valence-corrected chi connectivity index (χ4v) is 1.97. The van der Waals surface area contributed by atoms with E-state index >= 15 is 0 Å². The van der Waals surface area contributed by atoms with Crippen molar-refractivity contribution < 1.29 is 14.6 Å². The second-order valence-electron chi connectivity index (χ2n) is 4.88. The van der Waals surface area contributed by atoms with Crippen molar-refractivity contribution in [3.63, 3.8) is 0 Å². The van der Waals surface area contributed by atoms with E-state index in [4.69, 9.17) is 4.74 Å². The summed E-state index contributed by atoms with van der Waals surface area (Å²) in [6.45, 7) is 5.96. The number of hydrogen-bond acceptors (Lipinski definition) is 4. The number of aliphatic carboxylic acids is 1. The highest BCUT2D eigenvalue weighted by Crippen LogP contribution is 2.16. The zero-order valence-corrected chi connectivity index (χ0v) is 12.0. The molecule has 0 amide bonds. The van der Waals surface area contributed by atoms with Crippen LogP contribution in [0.5, 0.6) is 5.75 Å². The molecule has 19 heavy (non-hydrogen) atoms. The van der Waals surface area contributed by atoms with Crippen molar-refractivity contribution >= 4 is 5.97 Å². The summed E-state index contributed by atoms with van der Waals surface area (Å²) >= 11 is 0. The van der Waals surface area contributed by atoms with Crippen LogP contribution in [-0.2, 0) is 11.3 Å². The lowest BCUT2D eigenvalue weighted by molar-refractivity contribution is -0.144. The van der Waals surface area contributed by atoms with Crippen LogP contribution < -0.4 is 10.1 Å². The van der Waals surface area contributed by atoms with Gasteiger partial charge in [-0.15, -0.1) is 0 Å². The average molecular weight is 266 g/mol. The Kier molecular flexibility index (Phi) is 5.30. The third kappa shape index (κ3) is 4.21. The van der Waals surface area contributed by atoms with Crippen LogP contribution in [0.1, 0.15) is 38.1 Å². The van der Waals surface area contributed by atoms with Crippen LogP contribution in [0, 0.1) is 6.92 Å². The third-order valence-electron chi connectivity index (χ3n) is 3.10. The zero-order valence-electron chi connectivity index (χ0n) is 12.0. The first-order valence-electron chi connectivity index (χ1n) is 6.41. The predicted molar refractivity (Wildman–Crippen MR) is 73.3 cm³/mol. The number of aromatic nitrogens is 1. The molecule has 1 aromatic heterocycles. The molecule has 0 aliphatic carbocycles. The summed E-state index contributed by atoms with van der Waals surface area (Å²) in [7, 11) is 1.60. The molecular formula is C14H22N2O3. The monoisotopic (exact) mass is 266 g/mol. The van der Waals surface area contributed by atoms with Gasteiger partial charge in [0, 0.05) is 24.4 Å². The second-order valence-corrected chi connectivity index (χ2v) is 4.88. The molecule has 0 radical (unpaired) electrons. The van der Waals surface area contributed by atoms with Gasteiger partial charge in [-0.3, -0.25) is 15.1 Å². The lowest BCUT2D eigenvalue weighted by Crippen LogP contribution is -2.49. The average Bonchev–Trinajstić information content (AvgIpc) is 2.36. The van der Waals surface area contributed by atoms with Crippen LogP contribution in [-0.4, -0.2) is 28.7 Å². The Balaban J connectivity index is 2.79. The van der Waals surface area contributed by atoms with Crippen molar-refractivity contribution in [2.24, 2.45) is 0 Å². The first-order chi connectivity index (χ1) is 8.91. The van der Waals surface area contributed by atoms with E-state index in [1.165, 1.54) is 0 Å². The number of aryl methyl sites for hydroxylation is 1. The van der Waals surface area contributed by atoms with Crippen LogP contribution >= 0.6 is 0 Å². The van der Waals surface area contributed by atoms with Crippen molar-refractivity contribution in [3.05, 3.63) is 23.5 Å². The van der Waals surface area contributed by atoms with Crippen molar-refractivity contribution in [2.45, 2.75) is 45.7 Å². The van der Waals surface area contributed by atoms with Crippen molar-refractivity contribution in [1.29, 1.82) is 0 Å². The highest BCUT2D eigenvalue weighted by molar-refractivity contribution is 5.78. The molecule has 2 N–H and O–H groups in total. The fourth-order valence-electron chi connectivity index (χ4n) is 1.97. The van der Waals surface area contributed by atoms with E-state index in [-0.39, 0.29) is 0 Å². The lowest BCUT2D eigenvalue weighted by atomic mass is 9.96. The summed E-state index contributed by atoms with van der Waals surface area (Å²) < 4.78 is 5.18. The number of carboxylic acids is 1. The highest BCUT2D eigenvalue weighted by atomic mass is 16.5. The number of pyridine rings is 1. The molecule has 1 atom stereocenters. The normalized spacial score (nSPS) is 13.9. The molecule has 1 aromatic rings. The molecule has 1 unspecified atom stereocenters. The van der Waals surface area contributed by atoms with Crippen LogP contribution in [0.2, 0.25) is 0 Å². The number of nitrogens with one attached hydrogen (secondary N) is 1. The molecule has 1 heterocycles. The minimum Gasteiger partial charge on any atom is -0.497 e. The number of hydrogen-bond donors (Lipinski definition) is 2. The quantitative estimate of drug-likeness (QED) is 0.791. The Labute approximate surface area is 114 Å². The van der Waals surface area contributed by atoms with Gasteiger partial charge in [0.15, 0.2) is 0 Å². The van der Waals surface area contributed by atoms with Crippen LogP contribution in [0.25, 0.3) is 0 Å². The fraction of sp³-hybridized carbons (Fsp3) is 0.571. The van der Waals surface area contributed by atoms with E-state index in [9.17, 15) is 9.90 Å². The maximum absolute atomic E-state index is 11.3. The van der Waals surface area contributed by atoms with E-state index in [2.05, 4.69) is 10.3 Å². The van der Waals surface area contributed by atoms with Gasteiger partial charge >= 0.3 is 5.97 Å². The Morgan fingerprint density at radius 3 is 2.74 bits per heavy atom. The molecule has 0 bridgehead atoms. The summed E-state index contributed by atoms with van der Waals surface area (Å²) in [5.41, 5.74) is 0.706. The number of nitrogens with zero attached hydrogens (tertiary/aromatic N) is 1. The summed E-state index contributed by atoms with van der Waals surface area (Å²) in [4.78, 5) is 15.7. The number of ether oxygens (including phenoxy) is 1. The topological polar surface area (TPSA) is 71.5 Å². The Morgan fingerprint density at radius 2 is 2.21 bits per heavy atom. The molecule has 0 aliphatic heterocycles. The van der Waals surface area contributed by atoms with Gasteiger partial charge in [0.1, 0.15) is 11.3 Å². The molecule has 106 valence electrons. The minimum atomic E-state index is -0.923. The maximum Gasteiger partial charge on any atom is 0.323 e. The SMILES string of the molecule is CCCC(C)(NCc1cc(OC)cc(C)n1)C(=O)O. The summed E-state index contributed by atoms with van der Waals surface area (Å²) in [6, 6.07) is 3.65. The molecule has 0 saturated heterocycles. The number of rotatable bonds is 7. The molecule has 0 spiro atoms. The van der Waals surface area contributed by atoms with Gasteiger partial charge in [-0.2, -0.15) is 0 Å². The molecule has 0 saturated carbocycles. The van der Waals surface area contributed by atoms with Gasteiger partial charge in [0.25, 0.3) is 0 Å². The van der Waals surface area contributed by atoms with E-state index < -0.39 is 11.5 Å².